The number of nitrogens with one attached hydrogen (secondary N) is 2. The fourth-order valence-electron chi connectivity index (χ4n) is 2.62. The average molecular weight is 333 g/mol. The van der Waals surface area contributed by atoms with Crippen LogP contribution in [0.4, 0.5) is 0 Å². The maximum absolute atomic E-state index is 12.0. The zero-order valence-corrected chi connectivity index (χ0v) is 14.5. The van der Waals surface area contributed by atoms with Crippen molar-refractivity contribution >= 4 is 5.91 Å². The first-order valence-corrected chi connectivity index (χ1v) is 8.15. The number of benzene rings is 1. The Kier molecular flexibility index (Phi) is 6.84. The number of likely N-dealkylation sites (N-methyl/N-ethyl adjacent to an activating group) is 1. The molecule has 1 atom stereocenters. The highest BCUT2D eigenvalue weighted by atomic mass is 16.5. The van der Waals surface area contributed by atoms with Gasteiger partial charge in [0.15, 0.2) is 18.3 Å². The molecule has 0 aliphatic heterocycles. The van der Waals surface area contributed by atoms with Gasteiger partial charge in [-0.1, -0.05) is 18.2 Å². The fraction of sp³-hybridized carbons (Fsp3) is 0.389. The molecule has 0 saturated carbocycles. The van der Waals surface area contributed by atoms with Gasteiger partial charge in [0.25, 0.3) is 5.91 Å². The van der Waals surface area contributed by atoms with Crippen LogP contribution in [0.1, 0.15) is 17.4 Å². The molecule has 1 heterocycles. The van der Waals surface area contributed by atoms with E-state index in [1.54, 1.807) is 13.4 Å². The van der Waals surface area contributed by atoms with Crippen LogP contribution in [0.25, 0.3) is 0 Å². The molecule has 0 aliphatic rings. The Bertz CT molecular complexity index is 626. The summed E-state index contributed by atoms with van der Waals surface area (Å²) in [6, 6.07) is 11.8. The number of ether oxygens (including phenoxy) is 1. The van der Waals surface area contributed by atoms with Crippen LogP contribution in [-0.4, -0.2) is 40.2 Å². The lowest BCUT2D eigenvalue weighted by atomic mass is 10.2. The molecule has 6 heteroatoms. The minimum atomic E-state index is 0.00728. The first-order valence-electron chi connectivity index (χ1n) is 8.15. The summed E-state index contributed by atoms with van der Waals surface area (Å²) in [4.78, 5) is 13.3. The molecule has 130 valence electrons. The molecule has 0 fully saturated rings. The van der Waals surface area contributed by atoms with E-state index < -0.39 is 0 Å². The van der Waals surface area contributed by atoms with Crippen LogP contribution in [0.15, 0.2) is 47.1 Å². The lowest BCUT2D eigenvalue weighted by molar-refractivity contribution is -0.909. The van der Waals surface area contributed by atoms with Gasteiger partial charge >= 0.3 is 0 Å². The SMILES string of the molecule is COc1ccccc1CNC(=O)C[NH2+]C[C@@H](c1ccco1)[NH+](C)C. The molecule has 1 amide bonds. The van der Waals surface area contributed by atoms with Crippen molar-refractivity contribution in [3.63, 3.8) is 0 Å². The molecule has 0 saturated heterocycles. The van der Waals surface area contributed by atoms with E-state index in [1.165, 1.54) is 4.90 Å². The van der Waals surface area contributed by atoms with Crippen molar-refractivity contribution in [2.45, 2.75) is 12.6 Å². The van der Waals surface area contributed by atoms with Gasteiger partial charge in [0.05, 0.1) is 27.5 Å². The minimum absolute atomic E-state index is 0.00728. The van der Waals surface area contributed by atoms with Crippen molar-refractivity contribution in [2.24, 2.45) is 0 Å². The highest BCUT2D eigenvalue weighted by Crippen LogP contribution is 2.16. The van der Waals surface area contributed by atoms with E-state index in [9.17, 15) is 4.79 Å². The molecule has 0 radical (unpaired) electrons. The van der Waals surface area contributed by atoms with E-state index in [0.29, 0.717) is 13.1 Å². The Balaban J connectivity index is 1.76. The summed E-state index contributed by atoms with van der Waals surface area (Å²) < 4.78 is 10.8. The molecule has 0 bridgehead atoms. The zero-order chi connectivity index (χ0) is 17.4. The second-order valence-corrected chi connectivity index (χ2v) is 5.96. The van der Waals surface area contributed by atoms with Crippen LogP contribution in [0, 0.1) is 0 Å². The molecule has 0 unspecified atom stereocenters. The molecular weight excluding hydrogens is 306 g/mol. The summed E-state index contributed by atoms with van der Waals surface area (Å²) in [5, 5.41) is 4.94. The third-order valence-corrected chi connectivity index (χ3v) is 3.98. The van der Waals surface area contributed by atoms with Crippen molar-refractivity contribution < 1.29 is 24.2 Å². The molecule has 2 aromatic rings. The van der Waals surface area contributed by atoms with Crippen molar-refractivity contribution in [3.8, 4) is 5.75 Å². The molecular formula is C18H27N3O3+2. The topological polar surface area (TPSA) is 72.5 Å². The van der Waals surface area contributed by atoms with Crippen LogP contribution in [0.3, 0.4) is 0 Å². The summed E-state index contributed by atoms with van der Waals surface area (Å²) in [5.74, 6) is 1.74. The third-order valence-electron chi connectivity index (χ3n) is 3.98. The molecule has 2 rings (SSSR count). The van der Waals surface area contributed by atoms with E-state index >= 15 is 0 Å². The summed E-state index contributed by atoms with van der Waals surface area (Å²) in [6.45, 7) is 1.65. The maximum atomic E-state index is 12.0. The standard InChI is InChI=1S/C18H25N3O3/c1-21(2)15(17-9-6-10-24-17)12-19-13-18(22)20-11-14-7-4-5-8-16(14)23-3/h4-10,15,19H,11-13H2,1-3H3,(H,20,22)/p+2/t15-/m0/s1. The van der Waals surface area contributed by atoms with Gasteiger partial charge in [0, 0.05) is 12.1 Å². The Morgan fingerprint density at radius 2 is 2.08 bits per heavy atom. The summed E-state index contributed by atoms with van der Waals surface area (Å²) in [5.41, 5.74) is 0.972. The molecule has 0 aliphatic carbocycles. The predicted molar refractivity (Wildman–Crippen MR) is 90.8 cm³/mol. The van der Waals surface area contributed by atoms with E-state index in [-0.39, 0.29) is 11.9 Å². The third kappa shape index (κ3) is 5.11. The maximum Gasteiger partial charge on any atom is 0.275 e. The number of hydrogen-bond donors (Lipinski definition) is 3. The van der Waals surface area contributed by atoms with Gasteiger partial charge in [-0.3, -0.25) is 4.79 Å². The highest BCUT2D eigenvalue weighted by molar-refractivity contribution is 5.76. The molecule has 0 spiro atoms. The first-order chi connectivity index (χ1) is 11.6. The normalized spacial score (nSPS) is 12.2. The number of quaternary nitrogens is 2. The fourth-order valence-corrected chi connectivity index (χ4v) is 2.62. The van der Waals surface area contributed by atoms with Gasteiger partial charge in [0.2, 0.25) is 0 Å². The number of nitrogens with two attached hydrogens (primary N) is 1. The van der Waals surface area contributed by atoms with Gasteiger partial charge in [-0.05, 0) is 18.2 Å². The number of furan rings is 1. The van der Waals surface area contributed by atoms with Crippen molar-refractivity contribution in [1.29, 1.82) is 0 Å². The van der Waals surface area contributed by atoms with E-state index in [0.717, 1.165) is 23.6 Å². The van der Waals surface area contributed by atoms with Crippen LogP contribution in [0.2, 0.25) is 0 Å². The zero-order valence-electron chi connectivity index (χ0n) is 14.5. The Labute approximate surface area is 142 Å². The number of carbonyl (C=O) groups is 1. The molecule has 6 nitrogen and oxygen atoms in total. The van der Waals surface area contributed by atoms with Crippen LogP contribution in [0.5, 0.6) is 5.75 Å². The molecule has 1 aromatic heterocycles. The summed E-state index contributed by atoms with van der Waals surface area (Å²) in [7, 11) is 5.80. The Hall–Kier alpha value is -2.31. The summed E-state index contributed by atoms with van der Waals surface area (Å²) in [6.07, 6.45) is 1.69. The first kappa shape index (κ1) is 18.0. The highest BCUT2D eigenvalue weighted by Gasteiger charge is 2.22. The number of para-hydroxylation sites is 1. The predicted octanol–water partition coefficient (Wildman–Crippen LogP) is -0.646. The van der Waals surface area contributed by atoms with E-state index in [4.69, 9.17) is 9.15 Å². The number of methoxy groups -OCH3 is 1. The minimum Gasteiger partial charge on any atom is -0.496 e. The largest absolute Gasteiger partial charge is 0.496 e. The van der Waals surface area contributed by atoms with Gasteiger partial charge in [-0.15, -0.1) is 0 Å². The molecule has 24 heavy (non-hydrogen) atoms. The number of carbonyl (C=O) groups excluding carboxylic acids is 1. The van der Waals surface area contributed by atoms with Crippen molar-refractivity contribution in [2.75, 3.05) is 34.3 Å². The van der Waals surface area contributed by atoms with Gasteiger partial charge < -0.3 is 24.7 Å². The number of rotatable bonds is 9. The number of hydrogen-bond acceptors (Lipinski definition) is 3. The van der Waals surface area contributed by atoms with Crippen molar-refractivity contribution in [1.82, 2.24) is 5.32 Å². The van der Waals surface area contributed by atoms with Crippen LogP contribution < -0.4 is 20.3 Å². The quantitative estimate of drug-likeness (QED) is 0.571. The van der Waals surface area contributed by atoms with Gasteiger partial charge in [-0.2, -0.15) is 0 Å². The molecule has 1 aromatic carbocycles. The van der Waals surface area contributed by atoms with Crippen LogP contribution in [-0.2, 0) is 11.3 Å². The Morgan fingerprint density at radius 1 is 1.29 bits per heavy atom. The lowest BCUT2D eigenvalue weighted by Crippen LogP contribution is -3.09. The average Bonchev–Trinajstić information content (AvgIpc) is 3.10. The van der Waals surface area contributed by atoms with Gasteiger partial charge in [0.1, 0.15) is 12.3 Å². The van der Waals surface area contributed by atoms with E-state index in [2.05, 4.69) is 19.4 Å². The monoisotopic (exact) mass is 333 g/mol. The number of amides is 1. The smallest absolute Gasteiger partial charge is 0.275 e. The second-order valence-electron chi connectivity index (χ2n) is 5.96. The summed E-state index contributed by atoms with van der Waals surface area (Å²) >= 11 is 0. The van der Waals surface area contributed by atoms with Crippen molar-refractivity contribution in [3.05, 3.63) is 54.0 Å². The van der Waals surface area contributed by atoms with Crippen LogP contribution >= 0.6 is 0 Å². The second kappa shape index (κ2) is 9.10. The van der Waals surface area contributed by atoms with Gasteiger partial charge in [-0.25, -0.2) is 0 Å². The Morgan fingerprint density at radius 3 is 2.75 bits per heavy atom. The lowest BCUT2D eigenvalue weighted by Gasteiger charge is -2.17. The van der Waals surface area contributed by atoms with E-state index in [1.807, 2.05) is 41.7 Å². The molecule has 4 N–H and O–H groups in total.